The molecule has 0 radical (unpaired) electrons. The molecule has 80 heavy (non-hydrogen) atoms. The van der Waals surface area contributed by atoms with Crippen molar-refractivity contribution in [1.29, 1.82) is 0 Å². The molecule has 0 bridgehead atoms. The Kier molecular flexibility index (Phi) is 16.7. The summed E-state index contributed by atoms with van der Waals surface area (Å²) in [5.74, 6) is -1.95. The van der Waals surface area contributed by atoms with Gasteiger partial charge in [0.1, 0.15) is 0 Å². The Morgan fingerprint density at radius 2 is 0.650 bits per heavy atom. The fraction of sp³-hybridized carbons (Fsp3) is 0.125. The van der Waals surface area contributed by atoms with E-state index in [4.69, 9.17) is 23.0 Å². The van der Waals surface area contributed by atoms with Gasteiger partial charge in [-0.2, -0.15) is 0 Å². The first kappa shape index (κ1) is 56.9. The second-order valence-electron chi connectivity index (χ2n) is 18.9. The Hall–Kier alpha value is -7.86. The molecule has 0 N–H and O–H groups in total. The molecule has 0 spiro atoms. The zero-order valence-electron chi connectivity index (χ0n) is 43.6. The molecular formula is C64H55BF6O7P2. The molecule has 0 fully saturated rings. The van der Waals surface area contributed by atoms with Crippen LogP contribution in [0.5, 0.6) is 5.75 Å². The number of carbonyl (C=O) groups is 2. The average molecular weight is 1120 g/mol. The van der Waals surface area contributed by atoms with Crippen molar-refractivity contribution in [2.75, 3.05) is 13.2 Å². The van der Waals surface area contributed by atoms with E-state index in [0.717, 1.165) is 0 Å². The Labute approximate surface area is 461 Å². The molecule has 0 aromatic heterocycles. The Morgan fingerprint density at radius 3 is 0.887 bits per heavy atom. The van der Waals surface area contributed by atoms with Crippen LogP contribution < -0.4 is 36.5 Å². The molecule has 0 saturated carbocycles. The second kappa shape index (κ2) is 23.5. The van der Waals surface area contributed by atoms with Gasteiger partial charge in [-0.3, -0.25) is 0 Å². The minimum absolute atomic E-state index is 0.0281. The van der Waals surface area contributed by atoms with Crippen LogP contribution in [0.4, 0.5) is 26.3 Å². The minimum atomic E-state index is -5.27. The molecule has 408 valence electrons. The third-order valence-corrected chi connectivity index (χ3v) is 25.7. The van der Waals surface area contributed by atoms with E-state index in [1.165, 1.54) is 0 Å². The normalized spacial score (nSPS) is 12.9. The van der Waals surface area contributed by atoms with Gasteiger partial charge in [-0.15, -0.1) is 0 Å². The van der Waals surface area contributed by atoms with Crippen molar-refractivity contribution in [3.8, 4) is 5.75 Å². The van der Waals surface area contributed by atoms with E-state index in [-0.39, 0.29) is 42.7 Å². The number of rotatable bonds is 20. The summed E-state index contributed by atoms with van der Waals surface area (Å²) in [5, 5.41) is 3.48. The van der Waals surface area contributed by atoms with Gasteiger partial charge in [-0.1, -0.05) is 0 Å². The average Bonchev–Trinajstić information content (AvgIpc) is 3.61. The van der Waals surface area contributed by atoms with Gasteiger partial charge in [-0.05, 0) is 0 Å². The number of hydrogen-bond donors (Lipinski definition) is 0. The van der Waals surface area contributed by atoms with E-state index in [9.17, 15) is 9.59 Å². The van der Waals surface area contributed by atoms with Gasteiger partial charge in [0.05, 0.1) is 0 Å². The molecular weight excluding hydrogens is 1070 g/mol. The number of esters is 2. The molecule has 9 aromatic rings. The van der Waals surface area contributed by atoms with Crippen LogP contribution in [-0.4, -0.2) is 32.5 Å². The van der Waals surface area contributed by atoms with Crippen molar-refractivity contribution in [2.45, 2.75) is 38.5 Å². The van der Waals surface area contributed by atoms with Gasteiger partial charge >= 0.3 is 463 Å². The first-order chi connectivity index (χ1) is 38.5. The van der Waals surface area contributed by atoms with E-state index < -0.39 is 62.1 Å². The Bertz CT molecular complexity index is 3100. The first-order valence-electron chi connectivity index (χ1n) is 25.7. The van der Waals surface area contributed by atoms with Crippen LogP contribution >= 0.6 is 13.7 Å². The molecule has 0 unspecified atom stereocenters. The number of benzene rings is 9. The maximum atomic E-state index is 15.1. The molecule has 9 rings (SSSR count). The van der Waals surface area contributed by atoms with Crippen molar-refractivity contribution in [3.05, 3.63) is 282 Å². The van der Waals surface area contributed by atoms with Crippen LogP contribution in [0.25, 0.3) is 0 Å². The molecule has 16 heteroatoms. The van der Waals surface area contributed by atoms with Crippen molar-refractivity contribution >= 4 is 64.7 Å². The van der Waals surface area contributed by atoms with Crippen molar-refractivity contribution in [2.24, 2.45) is 0 Å². The zero-order chi connectivity index (χ0) is 56.5. The van der Waals surface area contributed by atoms with E-state index >= 15 is 26.3 Å². The molecule has 0 saturated heterocycles. The summed E-state index contributed by atoms with van der Waals surface area (Å²) in [4.78, 5) is 26.3. The summed E-state index contributed by atoms with van der Waals surface area (Å²) in [6.45, 7) is -6.43. The predicted octanol–water partition coefficient (Wildman–Crippen LogP) is 13.8. The molecule has 0 aliphatic heterocycles. The van der Waals surface area contributed by atoms with Gasteiger partial charge in [0.25, 0.3) is 0 Å². The maximum absolute atomic E-state index is 15.1. The van der Waals surface area contributed by atoms with E-state index in [1.807, 2.05) is 182 Å². The summed E-state index contributed by atoms with van der Waals surface area (Å²) in [7, 11) is -2.23. The number of carbonyl (C=O) groups excluding carboxylic acids is 2. The Balaban J connectivity index is 1.45. The molecule has 9 aromatic carbocycles. The number of hydrogen-bond acceptors (Lipinski definition) is 7. The van der Waals surface area contributed by atoms with Gasteiger partial charge in [0.2, 0.25) is 0 Å². The van der Waals surface area contributed by atoms with Crippen LogP contribution in [0.15, 0.2) is 249 Å². The van der Waals surface area contributed by atoms with Crippen molar-refractivity contribution in [3.63, 3.8) is 0 Å². The summed E-state index contributed by atoms with van der Waals surface area (Å²) in [6.07, 6.45) is -10.6. The third-order valence-electron chi connectivity index (χ3n) is 14.1. The number of halogens is 6. The molecule has 0 heterocycles. The zero-order valence-corrected chi connectivity index (χ0v) is 45.4. The van der Waals surface area contributed by atoms with E-state index in [1.54, 1.807) is 62.4 Å². The van der Waals surface area contributed by atoms with Crippen LogP contribution in [0.3, 0.4) is 0 Å². The van der Waals surface area contributed by atoms with E-state index in [0.29, 0.717) is 55.1 Å². The molecule has 0 atom stereocenters. The van der Waals surface area contributed by atoms with Crippen molar-refractivity contribution < 1.29 is 58.9 Å². The fourth-order valence-corrected chi connectivity index (χ4v) is 21.9. The van der Waals surface area contributed by atoms with Crippen LogP contribution in [0.2, 0.25) is 0 Å². The van der Waals surface area contributed by atoms with E-state index in [2.05, 4.69) is 0 Å². The third kappa shape index (κ3) is 11.1. The monoisotopic (exact) mass is 1120 g/mol. The van der Waals surface area contributed by atoms with Crippen LogP contribution in [0.1, 0.15) is 56.8 Å². The molecule has 0 aliphatic carbocycles. The van der Waals surface area contributed by atoms with Crippen molar-refractivity contribution in [1.82, 2.24) is 0 Å². The van der Waals surface area contributed by atoms with Gasteiger partial charge < -0.3 is 0 Å². The molecule has 0 aliphatic rings. The van der Waals surface area contributed by atoms with Gasteiger partial charge in [0.15, 0.2) is 0 Å². The molecule has 0 amide bonds. The number of ether oxygens (including phenoxy) is 2. The standard InChI is InChI=1S/C64H55BF6O7P2/c1-3-74-61(72)50-39-35-48(36-40-50)46-79(55-23-11-5-12-24-55,56-25-13-6-14-26-56,57-27-15-7-16-28-57)77-65(76-54-44-52(63(66,67)68)43-53(45-54)64(69,70)71)78-80(58-29-17-8-18-30-58,59-31-19-9-20-32-59,60-33-21-10-22-34-60)47-49-37-41-51(42-38-49)62(73)75-4-2/h5-45H,3-4,46-47H2,1-2H3. The predicted molar refractivity (Wildman–Crippen MR) is 307 cm³/mol. The molecule has 7 nitrogen and oxygen atoms in total. The quantitative estimate of drug-likeness (QED) is 0.0325. The second-order valence-corrected chi connectivity index (χ2v) is 28.0. The first-order valence-corrected chi connectivity index (χ1v) is 30.4. The van der Waals surface area contributed by atoms with Crippen LogP contribution in [-0.2, 0) is 43.0 Å². The van der Waals surface area contributed by atoms with Gasteiger partial charge in [0, 0.05) is 0 Å². The summed E-state index contributed by atoms with van der Waals surface area (Å²) in [6, 6.07) is 70.1. The summed E-state index contributed by atoms with van der Waals surface area (Å²) >= 11 is 0. The van der Waals surface area contributed by atoms with Gasteiger partial charge in [-0.25, -0.2) is 0 Å². The summed E-state index contributed by atoms with van der Waals surface area (Å²) in [5.41, 5.74) is -1.46. The summed E-state index contributed by atoms with van der Waals surface area (Å²) < 4.78 is 124. The fourth-order valence-electron chi connectivity index (χ4n) is 10.5. The Morgan fingerprint density at radius 1 is 0.388 bits per heavy atom. The SMILES string of the molecule is CCOC(=O)c1ccc(CP(OB(Oc2cc(C(F)(F)F)cc(C(F)(F)F)c2)OP(Cc2ccc(C(=O)OCC)cc2)(c2ccccc2)(c2ccccc2)c2ccccc2)(c2ccccc2)(c2ccccc2)c2ccccc2)cc1. The van der Waals surface area contributed by atoms with Crippen LogP contribution in [0, 0.1) is 0 Å². The number of alkyl halides is 6. The topological polar surface area (TPSA) is 80.3 Å².